The average Bonchev–Trinajstić information content (AvgIpc) is 2.48. The lowest BCUT2D eigenvalue weighted by molar-refractivity contribution is -0.127. The summed E-state index contributed by atoms with van der Waals surface area (Å²) in [5.41, 5.74) is 0. The van der Waals surface area contributed by atoms with E-state index >= 15 is 0 Å². The number of nitrogens with zero attached hydrogens (tertiary/aromatic N) is 1. The maximum absolute atomic E-state index is 12.5. The minimum absolute atomic E-state index is 0.0566. The van der Waals surface area contributed by atoms with Crippen LogP contribution >= 0.6 is 0 Å². The van der Waals surface area contributed by atoms with Crippen LogP contribution in [0.15, 0.2) is 0 Å². The molecule has 0 bridgehead atoms. The second-order valence-corrected chi connectivity index (χ2v) is 9.02. The first-order valence-corrected chi connectivity index (χ1v) is 10.5. The van der Waals surface area contributed by atoms with Gasteiger partial charge in [-0.1, -0.05) is 19.8 Å². The van der Waals surface area contributed by atoms with E-state index in [1.54, 1.807) is 0 Å². The van der Waals surface area contributed by atoms with Gasteiger partial charge < -0.3 is 5.32 Å². The lowest BCUT2D eigenvalue weighted by Crippen LogP contribution is -2.52. The van der Waals surface area contributed by atoms with E-state index in [1.807, 2.05) is 6.92 Å². The van der Waals surface area contributed by atoms with Crippen LogP contribution in [0.4, 0.5) is 0 Å². The number of amides is 1. The Balaban J connectivity index is 1.79. The molecule has 23 heavy (non-hydrogen) atoms. The molecule has 2 fully saturated rings. The Labute approximate surface area is 140 Å². The van der Waals surface area contributed by atoms with Crippen LogP contribution in [0.1, 0.15) is 52.4 Å². The Kier molecular flexibility index (Phi) is 6.45. The van der Waals surface area contributed by atoms with Gasteiger partial charge in [-0.2, -0.15) is 0 Å². The number of sulfonamides is 1. The Bertz CT molecular complexity index is 501. The SMILES string of the molecule is C[C@@H]1CCCC[C@H]1NC(=O)[C@@H](C)N1CCC(CS(N)(=O)=O)CC1. The van der Waals surface area contributed by atoms with Crippen LogP contribution in [0.25, 0.3) is 0 Å². The highest BCUT2D eigenvalue weighted by Crippen LogP contribution is 2.24. The number of carbonyl (C=O) groups excluding carboxylic acids is 1. The minimum atomic E-state index is -3.40. The van der Waals surface area contributed by atoms with Gasteiger partial charge in [0.25, 0.3) is 0 Å². The predicted molar refractivity (Wildman–Crippen MR) is 91.3 cm³/mol. The zero-order valence-electron chi connectivity index (χ0n) is 14.3. The van der Waals surface area contributed by atoms with Crippen molar-refractivity contribution in [3.8, 4) is 0 Å². The van der Waals surface area contributed by atoms with Crippen LogP contribution in [0.5, 0.6) is 0 Å². The fourth-order valence-electron chi connectivity index (χ4n) is 3.84. The molecule has 0 radical (unpaired) electrons. The second kappa shape index (κ2) is 7.94. The second-order valence-electron chi connectivity index (χ2n) is 7.36. The summed E-state index contributed by atoms with van der Waals surface area (Å²) in [7, 11) is -3.40. The molecule has 1 saturated carbocycles. The highest BCUT2D eigenvalue weighted by Gasteiger charge is 2.30. The van der Waals surface area contributed by atoms with Crippen molar-refractivity contribution >= 4 is 15.9 Å². The molecule has 6 nitrogen and oxygen atoms in total. The van der Waals surface area contributed by atoms with E-state index in [9.17, 15) is 13.2 Å². The van der Waals surface area contributed by atoms with Gasteiger partial charge in [-0.3, -0.25) is 9.69 Å². The third kappa shape index (κ3) is 5.72. The molecule has 3 N–H and O–H groups in total. The van der Waals surface area contributed by atoms with Gasteiger partial charge in [-0.25, -0.2) is 13.6 Å². The van der Waals surface area contributed by atoms with Gasteiger partial charge in [0.05, 0.1) is 11.8 Å². The van der Waals surface area contributed by atoms with E-state index in [0.717, 1.165) is 32.4 Å². The maximum Gasteiger partial charge on any atom is 0.237 e. The van der Waals surface area contributed by atoms with Crippen LogP contribution in [0.2, 0.25) is 0 Å². The van der Waals surface area contributed by atoms with E-state index in [-0.39, 0.29) is 23.6 Å². The van der Waals surface area contributed by atoms with Crippen molar-refractivity contribution in [3.63, 3.8) is 0 Å². The first kappa shape index (κ1) is 18.7. The van der Waals surface area contributed by atoms with E-state index < -0.39 is 10.0 Å². The topological polar surface area (TPSA) is 92.5 Å². The highest BCUT2D eigenvalue weighted by atomic mass is 32.2. The molecule has 134 valence electrons. The molecule has 1 aliphatic heterocycles. The van der Waals surface area contributed by atoms with E-state index in [0.29, 0.717) is 12.0 Å². The van der Waals surface area contributed by atoms with Crippen molar-refractivity contribution in [1.82, 2.24) is 10.2 Å². The molecule has 2 aliphatic rings. The Hall–Kier alpha value is -0.660. The number of hydrogen-bond donors (Lipinski definition) is 2. The monoisotopic (exact) mass is 345 g/mol. The van der Waals surface area contributed by atoms with Crippen molar-refractivity contribution in [2.45, 2.75) is 64.5 Å². The summed E-state index contributed by atoms with van der Waals surface area (Å²) in [6, 6.07) is 0.151. The fraction of sp³-hybridized carbons (Fsp3) is 0.938. The maximum atomic E-state index is 12.5. The van der Waals surface area contributed by atoms with Gasteiger partial charge in [0.2, 0.25) is 15.9 Å². The number of primary sulfonamides is 1. The van der Waals surface area contributed by atoms with Crippen molar-refractivity contribution in [2.24, 2.45) is 17.0 Å². The quantitative estimate of drug-likeness (QED) is 0.779. The molecular weight excluding hydrogens is 314 g/mol. The molecule has 1 saturated heterocycles. The van der Waals surface area contributed by atoms with Crippen molar-refractivity contribution < 1.29 is 13.2 Å². The molecule has 7 heteroatoms. The van der Waals surface area contributed by atoms with Gasteiger partial charge >= 0.3 is 0 Å². The Morgan fingerprint density at radius 2 is 1.83 bits per heavy atom. The molecule has 0 aromatic carbocycles. The van der Waals surface area contributed by atoms with Crippen molar-refractivity contribution in [3.05, 3.63) is 0 Å². The molecular formula is C16H31N3O3S. The lowest BCUT2D eigenvalue weighted by atomic mass is 9.86. The van der Waals surface area contributed by atoms with Gasteiger partial charge in [-0.15, -0.1) is 0 Å². The summed E-state index contributed by atoms with van der Waals surface area (Å²) < 4.78 is 22.4. The van der Waals surface area contributed by atoms with Crippen LogP contribution in [0.3, 0.4) is 0 Å². The molecule has 3 atom stereocenters. The molecule has 1 aliphatic carbocycles. The standard InChI is InChI=1S/C16H31N3O3S/c1-12-5-3-4-6-15(12)18-16(20)13(2)19-9-7-14(8-10-19)11-23(17,21)22/h12-15H,3-11H2,1-2H3,(H,18,20)(H2,17,21,22)/t12-,13-,15-/m1/s1. The smallest absolute Gasteiger partial charge is 0.237 e. The number of rotatable bonds is 5. The van der Waals surface area contributed by atoms with Crippen LogP contribution < -0.4 is 10.5 Å². The van der Waals surface area contributed by atoms with Crippen LogP contribution in [-0.4, -0.2) is 50.2 Å². The zero-order valence-corrected chi connectivity index (χ0v) is 15.1. The van der Waals surface area contributed by atoms with Crippen LogP contribution in [0, 0.1) is 11.8 Å². The summed E-state index contributed by atoms with van der Waals surface area (Å²) in [5, 5.41) is 8.34. The Morgan fingerprint density at radius 1 is 1.22 bits per heavy atom. The first-order chi connectivity index (χ1) is 10.8. The van der Waals surface area contributed by atoms with E-state index in [2.05, 4.69) is 17.1 Å². The number of piperidine rings is 1. The van der Waals surface area contributed by atoms with Gasteiger partial charge in [0, 0.05) is 6.04 Å². The summed E-state index contributed by atoms with van der Waals surface area (Å²) in [4.78, 5) is 14.7. The fourth-order valence-corrected chi connectivity index (χ4v) is 4.83. The predicted octanol–water partition coefficient (Wildman–Crippen LogP) is 1.07. The summed E-state index contributed by atoms with van der Waals surface area (Å²) in [5.74, 6) is 0.838. The number of carbonyl (C=O) groups is 1. The molecule has 2 rings (SSSR count). The summed E-state index contributed by atoms with van der Waals surface area (Å²) >= 11 is 0. The molecule has 1 amide bonds. The summed E-state index contributed by atoms with van der Waals surface area (Å²) in [6.07, 6.45) is 6.30. The molecule has 0 aromatic rings. The van der Waals surface area contributed by atoms with Crippen LogP contribution in [-0.2, 0) is 14.8 Å². The minimum Gasteiger partial charge on any atom is -0.352 e. The largest absolute Gasteiger partial charge is 0.352 e. The summed E-state index contributed by atoms with van der Waals surface area (Å²) in [6.45, 7) is 5.68. The first-order valence-electron chi connectivity index (χ1n) is 8.81. The van der Waals surface area contributed by atoms with Gasteiger partial charge in [-0.05, 0) is 57.5 Å². The molecule has 1 heterocycles. The van der Waals surface area contributed by atoms with Gasteiger partial charge in [0.1, 0.15) is 0 Å². The Morgan fingerprint density at radius 3 is 2.39 bits per heavy atom. The molecule has 0 aromatic heterocycles. The van der Waals surface area contributed by atoms with Crippen molar-refractivity contribution in [2.75, 3.05) is 18.8 Å². The molecule has 0 spiro atoms. The lowest BCUT2D eigenvalue weighted by Gasteiger charge is -2.37. The van der Waals surface area contributed by atoms with E-state index in [1.165, 1.54) is 19.3 Å². The third-order valence-corrected chi connectivity index (χ3v) is 6.42. The van der Waals surface area contributed by atoms with E-state index in [4.69, 9.17) is 5.14 Å². The average molecular weight is 346 g/mol. The zero-order chi connectivity index (χ0) is 17.0. The number of nitrogens with two attached hydrogens (primary N) is 1. The highest BCUT2D eigenvalue weighted by molar-refractivity contribution is 7.89. The normalized spacial score (nSPS) is 29.2. The number of likely N-dealkylation sites (tertiary alicyclic amines) is 1. The molecule has 0 unspecified atom stereocenters. The number of nitrogens with one attached hydrogen (secondary N) is 1. The van der Waals surface area contributed by atoms with Crippen molar-refractivity contribution in [1.29, 1.82) is 0 Å². The number of hydrogen-bond acceptors (Lipinski definition) is 4. The van der Waals surface area contributed by atoms with Gasteiger partial charge in [0.15, 0.2) is 0 Å². The third-order valence-electron chi connectivity index (χ3n) is 5.48.